The van der Waals surface area contributed by atoms with Gasteiger partial charge in [0.1, 0.15) is 12.4 Å². The minimum Gasteiger partial charge on any atom is -0.492 e. The van der Waals surface area contributed by atoms with Crippen molar-refractivity contribution in [1.82, 2.24) is 5.32 Å². The second-order valence-electron chi connectivity index (χ2n) is 3.95. The highest BCUT2D eigenvalue weighted by atomic mass is 19.4. The lowest BCUT2D eigenvalue weighted by atomic mass is 10.2. The zero-order chi connectivity index (χ0) is 12.9. The number of nitrogens with one attached hydrogen (secondary N) is 1. The van der Waals surface area contributed by atoms with Crippen LogP contribution < -0.4 is 10.1 Å². The van der Waals surface area contributed by atoms with Gasteiger partial charge in [0, 0.05) is 12.6 Å². The standard InChI is InChI=1S/C12H16F3NO/c1-9(2)16-7-8-17-11-6-4-3-5-10(11)12(13,14)15/h3-6,9,16H,7-8H2,1-2H3. The van der Waals surface area contributed by atoms with Crippen molar-refractivity contribution in [3.05, 3.63) is 29.8 Å². The predicted octanol–water partition coefficient (Wildman–Crippen LogP) is 3.08. The largest absolute Gasteiger partial charge is 0.492 e. The highest BCUT2D eigenvalue weighted by molar-refractivity contribution is 5.35. The van der Waals surface area contributed by atoms with Gasteiger partial charge >= 0.3 is 6.18 Å². The minimum absolute atomic E-state index is 0.120. The first-order chi connectivity index (χ1) is 7.91. The molecule has 0 spiro atoms. The zero-order valence-electron chi connectivity index (χ0n) is 9.84. The smallest absolute Gasteiger partial charge is 0.419 e. The van der Waals surface area contributed by atoms with Crippen molar-refractivity contribution in [2.75, 3.05) is 13.2 Å². The average molecular weight is 247 g/mol. The molecular weight excluding hydrogens is 231 g/mol. The molecule has 0 unspecified atom stereocenters. The monoisotopic (exact) mass is 247 g/mol. The Kier molecular flexibility index (Phi) is 4.81. The van der Waals surface area contributed by atoms with E-state index in [2.05, 4.69) is 5.32 Å². The molecule has 1 rings (SSSR count). The van der Waals surface area contributed by atoms with E-state index >= 15 is 0 Å². The van der Waals surface area contributed by atoms with Gasteiger partial charge in [-0.15, -0.1) is 0 Å². The second-order valence-corrected chi connectivity index (χ2v) is 3.95. The molecule has 17 heavy (non-hydrogen) atoms. The van der Waals surface area contributed by atoms with Gasteiger partial charge in [-0.2, -0.15) is 13.2 Å². The lowest BCUT2D eigenvalue weighted by molar-refractivity contribution is -0.138. The van der Waals surface area contributed by atoms with Gasteiger partial charge in [-0.3, -0.25) is 0 Å². The second kappa shape index (κ2) is 5.91. The van der Waals surface area contributed by atoms with Crippen LogP contribution in [-0.4, -0.2) is 19.2 Å². The Morgan fingerprint density at radius 2 is 1.88 bits per heavy atom. The molecule has 0 saturated heterocycles. The molecule has 0 fully saturated rings. The van der Waals surface area contributed by atoms with Crippen LogP contribution in [0.4, 0.5) is 13.2 Å². The Bertz CT molecular complexity index is 350. The number of alkyl halides is 3. The van der Waals surface area contributed by atoms with E-state index in [-0.39, 0.29) is 18.4 Å². The van der Waals surface area contributed by atoms with Gasteiger partial charge in [-0.1, -0.05) is 26.0 Å². The van der Waals surface area contributed by atoms with E-state index in [1.54, 1.807) is 0 Å². The summed E-state index contributed by atoms with van der Waals surface area (Å²) in [6, 6.07) is 5.52. The number of para-hydroxylation sites is 1. The van der Waals surface area contributed by atoms with Crippen LogP contribution in [0.2, 0.25) is 0 Å². The van der Waals surface area contributed by atoms with Crippen molar-refractivity contribution in [2.24, 2.45) is 0 Å². The Morgan fingerprint density at radius 1 is 1.24 bits per heavy atom. The molecule has 2 nitrogen and oxygen atoms in total. The molecule has 1 aromatic rings. The van der Waals surface area contributed by atoms with Crippen LogP contribution in [0.1, 0.15) is 19.4 Å². The minimum atomic E-state index is -4.37. The fourth-order valence-corrected chi connectivity index (χ4v) is 1.34. The van der Waals surface area contributed by atoms with Crippen molar-refractivity contribution in [3.63, 3.8) is 0 Å². The normalized spacial score (nSPS) is 11.9. The van der Waals surface area contributed by atoms with Crippen LogP contribution in [0.3, 0.4) is 0 Å². The molecule has 1 aromatic carbocycles. The van der Waals surface area contributed by atoms with Gasteiger partial charge in [0.25, 0.3) is 0 Å². The number of benzene rings is 1. The summed E-state index contributed by atoms with van der Waals surface area (Å²) in [6.07, 6.45) is -4.37. The van der Waals surface area contributed by atoms with E-state index < -0.39 is 11.7 Å². The molecule has 0 amide bonds. The Labute approximate surface area is 98.8 Å². The summed E-state index contributed by atoms with van der Waals surface area (Å²) in [5, 5.41) is 3.07. The number of hydrogen-bond donors (Lipinski definition) is 1. The van der Waals surface area contributed by atoms with E-state index in [4.69, 9.17) is 4.74 Å². The molecule has 0 aliphatic rings. The molecular formula is C12H16F3NO. The number of ether oxygens (including phenoxy) is 1. The molecule has 5 heteroatoms. The van der Waals surface area contributed by atoms with Crippen LogP contribution in [0.15, 0.2) is 24.3 Å². The van der Waals surface area contributed by atoms with Gasteiger partial charge in [0.05, 0.1) is 5.56 Å². The first-order valence-electron chi connectivity index (χ1n) is 5.43. The topological polar surface area (TPSA) is 21.3 Å². The summed E-state index contributed by atoms with van der Waals surface area (Å²) in [5.41, 5.74) is -0.732. The van der Waals surface area contributed by atoms with Crippen molar-refractivity contribution < 1.29 is 17.9 Å². The van der Waals surface area contributed by atoms with E-state index in [0.29, 0.717) is 6.54 Å². The van der Waals surface area contributed by atoms with Crippen molar-refractivity contribution in [2.45, 2.75) is 26.1 Å². The third-order valence-electron chi connectivity index (χ3n) is 2.10. The summed E-state index contributed by atoms with van der Waals surface area (Å²) >= 11 is 0. The van der Waals surface area contributed by atoms with E-state index in [1.165, 1.54) is 18.2 Å². The first kappa shape index (κ1) is 13.8. The lowest BCUT2D eigenvalue weighted by Gasteiger charge is -2.14. The maximum atomic E-state index is 12.6. The SMILES string of the molecule is CC(C)NCCOc1ccccc1C(F)(F)F. The first-order valence-corrected chi connectivity index (χ1v) is 5.43. The van der Waals surface area contributed by atoms with Gasteiger partial charge < -0.3 is 10.1 Å². The molecule has 0 aliphatic heterocycles. The summed E-state index contributed by atoms with van der Waals surface area (Å²) < 4.78 is 42.9. The predicted molar refractivity (Wildman–Crippen MR) is 60.1 cm³/mol. The maximum absolute atomic E-state index is 12.6. The molecule has 0 bridgehead atoms. The van der Waals surface area contributed by atoms with Crippen molar-refractivity contribution in [3.8, 4) is 5.75 Å². The van der Waals surface area contributed by atoms with E-state index in [9.17, 15) is 13.2 Å². The molecule has 0 aliphatic carbocycles. The van der Waals surface area contributed by atoms with Crippen LogP contribution in [-0.2, 0) is 6.18 Å². The fourth-order valence-electron chi connectivity index (χ4n) is 1.34. The number of halogens is 3. The molecule has 0 atom stereocenters. The van der Waals surface area contributed by atoms with Crippen molar-refractivity contribution in [1.29, 1.82) is 0 Å². The van der Waals surface area contributed by atoms with Crippen LogP contribution >= 0.6 is 0 Å². The highest BCUT2D eigenvalue weighted by Gasteiger charge is 2.33. The Morgan fingerprint density at radius 3 is 2.47 bits per heavy atom. The van der Waals surface area contributed by atoms with Crippen LogP contribution in [0.25, 0.3) is 0 Å². The van der Waals surface area contributed by atoms with E-state index in [1.807, 2.05) is 13.8 Å². The molecule has 0 aromatic heterocycles. The van der Waals surface area contributed by atoms with Gasteiger partial charge in [-0.05, 0) is 12.1 Å². The molecule has 0 heterocycles. The summed E-state index contributed by atoms with van der Waals surface area (Å²) in [4.78, 5) is 0. The average Bonchev–Trinajstić information content (AvgIpc) is 2.23. The lowest BCUT2D eigenvalue weighted by Crippen LogP contribution is -2.27. The van der Waals surface area contributed by atoms with Crippen LogP contribution in [0.5, 0.6) is 5.75 Å². The summed E-state index contributed by atoms with van der Waals surface area (Å²) in [6.45, 7) is 4.66. The molecule has 96 valence electrons. The molecule has 0 radical (unpaired) electrons. The summed E-state index contributed by atoms with van der Waals surface area (Å²) in [5.74, 6) is -0.120. The third-order valence-corrected chi connectivity index (χ3v) is 2.10. The maximum Gasteiger partial charge on any atom is 0.419 e. The summed E-state index contributed by atoms with van der Waals surface area (Å²) in [7, 11) is 0. The van der Waals surface area contributed by atoms with Crippen molar-refractivity contribution >= 4 is 0 Å². The highest BCUT2D eigenvalue weighted by Crippen LogP contribution is 2.35. The molecule has 0 saturated carbocycles. The molecule has 1 N–H and O–H groups in total. The fraction of sp³-hybridized carbons (Fsp3) is 0.500. The van der Waals surface area contributed by atoms with Gasteiger partial charge in [0.15, 0.2) is 0 Å². The Hall–Kier alpha value is -1.23. The number of hydrogen-bond acceptors (Lipinski definition) is 2. The van der Waals surface area contributed by atoms with Gasteiger partial charge in [0.2, 0.25) is 0 Å². The van der Waals surface area contributed by atoms with Gasteiger partial charge in [-0.25, -0.2) is 0 Å². The zero-order valence-corrected chi connectivity index (χ0v) is 9.84. The quantitative estimate of drug-likeness (QED) is 0.807. The number of rotatable bonds is 5. The Balaban J connectivity index is 2.59. The van der Waals surface area contributed by atoms with Crippen LogP contribution in [0, 0.1) is 0 Å². The third kappa shape index (κ3) is 4.65. The van der Waals surface area contributed by atoms with E-state index in [0.717, 1.165) is 6.07 Å².